The quantitative estimate of drug-likeness (QED) is 0.812. The van der Waals surface area contributed by atoms with Gasteiger partial charge in [0.05, 0.1) is 0 Å². The molecule has 1 aliphatic heterocycles. The highest BCUT2D eigenvalue weighted by Gasteiger charge is 2.08. The zero-order chi connectivity index (χ0) is 11.9. The van der Waals surface area contributed by atoms with Crippen LogP contribution >= 0.6 is 0 Å². The lowest BCUT2D eigenvalue weighted by Crippen LogP contribution is -2.29. The summed E-state index contributed by atoms with van der Waals surface area (Å²) in [6.07, 6.45) is 8.06. The minimum Gasteiger partial charge on any atom is -0.399 e. The van der Waals surface area contributed by atoms with Crippen LogP contribution in [0.2, 0.25) is 0 Å². The summed E-state index contributed by atoms with van der Waals surface area (Å²) in [7, 11) is 0. The SMILES string of the molecule is Nc1ccccc1CCN1CCCCCCC1. The van der Waals surface area contributed by atoms with E-state index in [1.165, 1.54) is 50.8 Å². The van der Waals surface area contributed by atoms with Gasteiger partial charge in [-0.05, 0) is 44.0 Å². The Morgan fingerprint density at radius 3 is 2.29 bits per heavy atom. The molecule has 0 radical (unpaired) electrons. The second-order valence-electron chi connectivity index (χ2n) is 5.06. The van der Waals surface area contributed by atoms with E-state index in [1.54, 1.807) is 0 Å². The molecular formula is C15H24N2. The maximum Gasteiger partial charge on any atom is 0.0347 e. The number of benzene rings is 1. The van der Waals surface area contributed by atoms with E-state index in [9.17, 15) is 0 Å². The lowest BCUT2D eigenvalue weighted by atomic mass is 10.1. The van der Waals surface area contributed by atoms with Gasteiger partial charge in [0.2, 0.25) is 0 Å². The van der Waals surface area contributed by atoms with Crippen LogP contribution in [0.25, 0.3) is 0 Å². The fourth-order valence-electron chi connectivity index (χ4n) is 2.58. The van der Waals surface area contributed by atoms with Crippen molar-refractivity contribution >= 4 is 5.69 Å². The lowest BCUT2D eigenvalue weighted by Gasteiger charge is -2.24. The number of hydrogen-bond acceptors (Lipinski definition) is 2. The van der Waals surface area contributed by atoms with Crippen LogP contribution in [0, 0.1) is 0 Å². The van der Waals surface area contributed by atoms with Crippen molar-refractivity contribution < 1.29 is 0 Å². The van der Waals surface area contributed by atoms with Crippen LogP contribution in [0.5, 0.6) is 0 Å². The normalized spacial score (nSPS) is 18.6. The number of nitrogens with zero attached hydrogens (tertiary/aromatic N) is 1. The van der Waals surface area contributed by atoms with Crippen LogP contribution < -0.4 is 5.73 Å². The second-order valence-corrected chi connectivity index (χ2v) is 5.06. The molecule has 1 saturated heterocycles. The third kappa shape index (κ3) is 4.04. The number of para-hydroxylation sites is 1. The Hall–Kier alpha value is -1.02. The molecule has 1 heterocycles. The van der Waals surface area contributed by atoms with Gasteiger partial charge >= 0.3 is 0 Å². The van der Waals surface area contributed by atoms with Crippen molar-refractivity contribution in [1.29, 1.82) is 0 Å². The van der Waals surface area contributed by atoms with E-state index in [4.69, 9.17) is 5.73 Å². The molecule has 1 aliphatic rings. The Kier molecular flexibility index (Phi) is 4.87. The van der Waals surface area contributed by atoms with Gasteiger partial charge < -0.3 is 10.6 Å². The van der Waals surface area contributed by atoms with Crippen molar-refractivity contribution in [2.75, 3.05) is 25.4 Å². The molecule has 0 spiro atoms. The van der Waals surface area contributed by atoms with Gasteiger partial charge in [0.15, 0.2) is 0 Å². The van der Waals surface area contributed by atoms with Gasteiger partial charge in [-0.15, -0.1) is 0 Å². The monoisotopic (exact) mass is 232 g/mol. The van der Waals surface area contributed by atoms with Crippen molar-refractivity contribution in [1.82, 2.24) is 4.90 Å². The molecule has 2 rings (SSSR count). The van der Waals surface area contributed by atoms with Gasteiger partial charge in [0.1, 0.15) is 0 Å². The van der Waals surface area contributed by atoms with Crippen molar-refractivity contribution in [3.05, 3.63) is 29.8 Å². The summed E-state index contributed by atoms with van der Waals surface area (Å²) in [6.45, 7) is 3.70. The van der Waals surface area contributed by atoms with Gasteiger partial charge in [0, 0.05) is 12.2 Å². The number of nitrogen functional groups attached to an aromatic ring is 1. The third-order valence-corrected chi connectivity index (χ3v) is 3.70. The second kappa shape index (κ2) is 6.65. The van der Waals surface area contributed by atoms with Gasteiger partial charge in [-0.25, -0.2) is 0 Å². The molecule has 0 aromatic heterocycles. The first kappa shape index (κ1) is 12.4. The van der Waals surface area contributed by atoms with Crippen LogP contribution in [0.3, 0.4) is 0 Å². The molecular weight excluding hydrogens is 208 g/mol. The minimum absolute atomic E-state index is 0.944. The summed E-state index contributed by atoms with van der Waals surface area (Å²) >= 11 is 0. The van der Waals surface area contributed by atoms with E-state index < -0.39 is 0 Å². The molecule has 0 saturated carbocycles. The predicted molar refractivity (Wildman–Crippen MR) is 74.1 cm³/mol. The smallest absolute Gasteiger partial charge is 0.0347 e. The number of anilines is 1. The Bertz CT molecular complexity index is 327. The largest absolute Gasteiger partial charge is 0.399 e. The molecule has 0 aliphatic carbocycles. The van der Waals surface area contributed by atoms with Crippen LogP contribution in [0.4, 0.5) is 5.69 Å². The molecule has 0 amide bonds. The number of hydrogen-bond donors (Lipinski definition) is 1. The molecule has 94 valence electrons. The summed E-state index contributed by atoms with van der Waals surface area (Å²) in [5, 5.41) is 0. The molecule has 0 bridgehead atoms. The van der Waals surface area contributed by atoms with Crippen LogP contribution in [-0.4, -0.2) is 24.5 Å². The average Bonchev–Trinajstić information content (AvgIpc) is 2.29. The Morgan fingerprint density at radius 1 is 0.941 bits per heavy atom. The first-order valence-electron chi connectivity index (χ1n) is 6.92. The van der Waals surface area contributed by atoms with Gasteiger partial charge in [0.25, 0.3) is 0 Å². The minimum atomic E-state index is 0.944. The van der Waals surface area contributed by atoms with E-state index in [1.807, 2.05) is 12.1 Å². The van der Waals surface area contributed by atoms with Crippen molar-refractivity contribution in [2.45, 2.75) is 38.5 Å². The highest BCUT2D eigenvalue weighted by molar-refractivity contribution is 5.46. The topological polar surface area (TPSA) is 29.3 Å². The highest BCUT2D eigenvalue weighted by Crippen LogP contribution is 2.14. The Morgan fingerprint density at radius 2 is 1.59 bits per heavy atom. The van der Waals surface area contributed by atoms with Gasteiger partial charge in [-0.1, -0.05) is 37.5 Å². The lowest BCUT2D eigenvalue weighted by molar-refractivity contribution is 0.250. The number of likely N-dealkylation sites (tertiary alicyclic amines) is 1. The standard InChI is InChI=1S/C15H24N2/c16-15-9-5-4-8-14(15)10-13-17-11-6-2-1-3-7-12-17/h4-5,8-9H,1-3,6-7,10-13,16H2. The maximum atomic E-state index is 5.97. The summed E-state index contributed by atoms with van der Waals surface area (Å²) in [6, 6.07) is 8.25. The molecule has 0 unspecified atom stereocenters. The van der Waals surface area contributed by atoms with Crippen molar-refractivity contribution in [2.24, 2.45) is 0 Å². The van der Waals surface area contributed by atoms with E-state index in [0.717, 1.165) is 18.7 Å². The molecule has 1 aromatic carbocycles. The van der Waals surface area contributed by atoms with E-state index in [2.05, 4.69) is 17.0 Å². The number of rotatable bonds is 3. The Labute approximate surface area is 105 Å². The highest BCUT2D eigenvalue weighted by atomic mass is 15.1. The van der Waals surface area contributed by atoms with E-state index >= 15 is 0 Å². The fourth-order valence-corrected chi connectivity index (χ4v) is 2.58. The van der Waals surface area contributed by atoms with Crippen LogP contribution in [-0.2, 0) is 6.42 Å². The van der Waals surface area contributed by atoms with Crippen LogP contribution in [0.1, 0.15) is 37.7 Å². The van der Waals surface area contributed by atoms with Crippen molar-refractivity contribution in [3.63, 3.8) is 0 Å². The first-order chi connectivity index (χ1) is 8.36. The first-order valence-corrected chi connectivity index (χ1v) is 6.92. The summed E-state index contributed by atoms with van der Waals surface area (Å²) in [5.41, 5.74) is 8.22. The summed E-state index contributed by atoms with van der Waals surface area (Å²) in [5.74, 6) is 0. The third-order valence-electron chi connectivity index (χ3n) is 3.70. The molecule has 1 fully saturated rings. The molecule has 2 nitrogen and oxygen atoms in total. The maximum absolute atomic E-state index is 5.97. The van der Waals surface area contributed by atoms with Gasteiger partial charge in [-0.2, -0.15) is 0 Å². The zero-order valence-corrected chi connectivity index (χ0v) is 10.7. The Balaban J connectivity index is 1.82. The molecule has 0 atom stereocenters. The average molecular weight is 232 g/mol. The van der Waals surface area contributed by atoms with Crippen molar-refractivity contribution in [3.8, 4) is 0 Å². The summed E-state index contributed by atoms with van der Waals surface area (Å²) < 4.78 is 0. The molecule has 17 heavy (non-hydrogen) atoms. The summed E-state index contributed by atoms with van der Waals surface area (Å²) in [4.78, 5) is 2.60. The molecule has 2 N–H and O–H groups in total. The molecule has 2 heteroatoms. The van der Waals surface area contributed by atoms with Crippen LogP contribution in [0.15, 0.2) is 24.3 Å². The fraction of sp³-hybridized carbons (Fsp3) is 0.600. The van der Waals surface area contributed by atoms with E-state index in [-0.39, 0.29) is 0 Å². The predicted octanol–water partition coefficient (Wildman–Crippen LogP) is 3.08. The number of nitrogens with two attached hydrogens (primary N) is 1. The van der Waals surface area contributed by atoms with E-state index in [0.29, 0.717) is 0 Å². The van der Waals surface area contributed by atoms with Gasteiger partial charge in [-0.3, -0.25) is 0 Å². The zero-order valence-electron chi connectivity index (χ0n) is 10.7. The molecule has 1 aromatic rings.